The van der Waals surface area contributed by atoms with E-state index < -0.39 is 85.4 Å². The second-order valence-corrected chi connectivity index (χ2v) is 9.61. The van der Waals surface area contributed by atoms with Crippen LogP contribution in [0.3, 0.4) is 0 Å². The molecule has 0 N–H and O–H groups in total. The van der Waals surface area contributed by atoms with E-state index in [4.69, 9.17) is 16.4 Å². The normalized spacial score (nSPS) is 17.1. The molecule has 1 aromatic heterocycles. The molecule has 0 saturated carbocycles. The number of benzene rings is 7. The summed E-state index contributed by atoms with van der Waals surface area (Å²) in [5.74, 6) is -0.306. The molecule has 0 radical (unpaired) electrons. The van der Waals surface area contributed by atoms with Crippen LogP contribution in [0.5, 0.6) is 0 Å². The topological polar surface area (TPSA) is 17.8 Å². The SMILES string of the molecule is [2H]c1c([2H])c([2H])c(-c2cccc(-c3c4c([2H])c([2H])c([2H])c([2H])c4c(-c4ccccc4-n4c(C([2H])([2H])[2H])nc5ccccc54)c4c([2H])c([2H])c([2H])c([2H])c34)c2)c([2H])c1[2H]. The molecule has 0 saturated heterocycles. The van der Waals surface area contributed by atoms with E-state index in [2.05, 4.69) is 4.98 Å². The van der Waals surface area contributed by atoms with Gasteiger partial charge < -0.3 is 0 Å². The van der Waals surface area contributed by atoms with Gasteiger partial charge in [-0.1, -0.05) is 127 Å². The monoisotopic (exact) mass is 552 g/mol. The van der Waals surface area contributed by atoms with Crippen molar-refractivity contribution in [3.8, 4) is 39.1 Å². The predicted octanol–water partition coefficient (Wildman–Crippen LogP) is 10.6. The highest BCUT2D eigenvalue weighted by molar-refractivity contribution is 6.22. The van der Waals surface area contributed by atoms with Crippen molar-refractivity contribution in [3.05, 3.63) is 157 Å². The third kappa shape index (κ3) is 3.84. The second-order valence-electron chi connectivity index (χ2n) is 9.61. The first kappa shape index (κ1) is 13.0. The summed E-state index contributed by atoms with van der Waals surface area (Å²) in [6.07, 6.45) is 0. The molecule has 0 aliphatic rings. The Balaban J connectivity index is 1.62. The van der Waals surface area contributed by atoms with Crippen molar-refractivity contribution in [1.82, 2.24) is 9.55 Å². The van der Waals surface area contributed by atoms with Crippen molar-refractivity contribution in [2.24, 2.45) is 0 Å². The van der Waals surface area contributed by atoms with Crippen molar-refractivity contribution in [2.75, 3.05) is 0 Å². The fourth-order valence-electron chi connectivity index (χ4n) is 5.56. The molecule has 0 amide bonds. The van der Waals surface area contributed by atoms with Gasteiger partial charge in [0.1, 0.15) is 5.82 Å². The second kappa shape index (κ2) is 9.87. The molecule has 2 nitrogen and oxygen atoms in total. The zero-order valence-electron chi connectivity index (χ0n) is 37.8. The molecule has 7 aromatic carbocycles. The van der Waals surface area contributed by atoms with Crippen LogP contribution in [0.25, 0.3) is 71.6 Å². The lowest BCUT2D eigenvalue weighted by Crippen LogP contribution is -2.00. The Hall–Kier alpha value is -5.47. The van der Waals surface area contributed by atoms with E-state index in [1.54, 1.807) is 54.6 Å². The highest BCUT2D eigenvalue weighted by Gasteiger charge is 2.20. The summed E-state index contributed by atoms with van der Waals surface area (Å²) < 4.78 is 141. The molecule has 8 rings (SSSR count). The van der Waals surface area contributed by atoms with E-state index >= 15 is 0 Å². The zero-order valence-corrected chi connectivity index (χ0v) is 21.8. The fourth-order valence-corrected chi connectivity index (χ4v) is 5.56. The quantitative estimate of drug-likeness (QED) is 0.199. The molecule has 198 valence electrons. The van der Waals surface area contributed by atoms with Gasteiger partial charge in [0.15, 0.2) is 0 Å². The van der Waals surface area contributed by atoms with Crippen molar-refractivity contribution in [3.63, 3.8) is 0 Å². The fraction of sp³-hybridized carbons (Fsp3) is 0.0250. The van der Waals surface area contributed by atoms with E-state index in [0.717, 1.165) is 0 Å². The number of para-hydroxylation sites is 3. The Labute approximate surface area is 267 Å². The number of hydrogen-bond acceptors (Lipinski definition) is 1. The molecule has 2 heteroatoms. The number of fused-ring (bicyclic) bond motifs is 3. The standard InChI is InChI=1S/C40H28N2/c1-27-41-36-23-10-12-25-38(36)42(27)37-24-11-9-22-35(37)40-33-20-7-5-18-31(33)39(32-19-6-8-21-34(32)40)30-17-13-16-29(26-30)28-14-3-2-4-15-28/h2-26H,1H3/i1D3,2D,3D,4D,5D,6D,7D,8D,14D,15D,18D,19D,20D,21D. The maximum Gasteiger partial charge on any atom is 0.111 e. The van der Waals surface area contributed by atoms with Gasteiger partial charge in [-0.3, -0.25) is 4.57 Å². The van der Waals surface area contributed by atoms with Crippen LogP contribution in [0.2, 0.25) is 0 Å². The average molecular weight is 553 g/mol. The van der Waals surface area contributed by atoms with E-state index in [-0.39, 0.29) is 66.4 Å². The lowest BCUT2D eigenvalue weighted by atomic mass is 9.85. The van der Waals surface area contributed by atoms with Gasteiger partial charge in [0, 0.05) is 9.68 Å². The molecule has 0 spiro atoms. The Morgan fingerprint density at radius 2 is 1.19 bits per heavy atom. The summed E-state index contributed by atoms with van der Waals surface area (Å²) in [5, 5.41) is -0.505. The van der Waals surface area contributed by atoms with Crippen molar-refractivity contribution in [1.29, 1.82) is 0 Å². The van der Waals surface area contributed by atoms with Gasteiger partial charge in [-0.2, -0.15) is 0 Å². The van der Waals surface area contributed by atoms with Gasteiger partial charge in [0.2, 0.25) is 0 Å². The smallest absolute Gasteiger partial charge is 0.111 e. The number of imidazole rings is 1. The summed E-state index contributed by atoms with van der Waals surface area (Å²) in [5.41, 5.74) is 1.29. The van der Waals surface area contributed by atoms with Gasteiger partial charge in [0.05, 0.1) is 34.5 Å². The van der Waals surface area contributed by atoms with Gasteiger partial charge in [-0.15, -0.1) is 0 Å². The van der Waals surface area contributed by atoms with E-state index in [1.807, 2.05) is 0 Å². The van der Waals surface area contributed by atoms with Gasteiger partial charge in [-0.05, 0) is 80.5 Å². The van der Waals surface area contributed by atoms with Crippen molar-refractivity contribution >= 4 is 32.6 Å². The van der Waals surface area contributed by atoms with Gasteiger partial charge >= 0.3 is 0 Å². The van der Waals surface area contributed by atoms with Crippen molar-refractivity contribution in [2.45, 2.75) is 6.85 Å². The minimum absolute atomic E-state index is 0.0144. The minimum Gasteiger partial charge on any atom is -0.296 e. The third-order valence-electron chi connectivity index (χ3n) is 7.29. The van der Waals surface area contributed by atoms with Crippen LogP contribution >= 0.6 is 0 Å². The molecular formula is C40H28N2. The Morgan fingerprint density at radius 1 is 0.571 bits per heavy atom. The Morgan fingerprint density at radius 3 is 1.93 bits per heavy atom. The summed E-state index contributed by atoms with van der Waals surface area (Å²) in [6.45, 7) is -2.74. The highest BCUT2D eigenvalue weighted by atomic mass is 15.1. The first-order valence-electron chi connectivity index (χ1n) is 21.1. The molecule has 0 unspecified atom stereocenters. The number of rotatable bonds is 4. The Kier molecular flexibility index (Phi) is 3.06. The van der Waals surface area contributed by atoms with Crippen LogP contribution < -0.4 is 0 Å². The molecule has 42 heavy (non-hydrogen) atoms. The summed E-state index contributed by atoms with van der Waals surface area (Å²) in [6, 6.07) is 11.8. The van der Waals surface area contributed by atoms with Crippen LogP contribution in [0, 0.1) is 6.85 Å². The summed E-state index contributed by atoms with van der Waals surface area (Å²) >= 11 is 0. The third-order valence-corrected chi connectivity index (χ3v) is 7.29. The molecule has 0 atom stereocenters. The molecule has 0 bridgehead atoms. The molecule has 8 aromatic rings. The van der Waals surface area contributed by atoms with Gasteiger partial charge in [0.25, 0.3) is 0 Å². The molecule has 0 aliphatic carbocycles. The minimum atomic E-state index is -2.74. The Bertz CT molecular complexity index is 2990. The summed E-state index contributed by atoms with van der Waals surface area (Å²) in [7, 11) is 0. The van der Waals surface area contributed by atoms with Crippen molar-refractivity contribution < 1.29 is 21.9 Å². The van der Waals surface area contributed by atoms with Gasteiger partial charge in [-0.25, -0.2) is 4.98 Å². The molecule has 1 heterocycles. The maximum absolute atomic E-state index is 9.39. The largest absolute Gasteiger partial charge is 0.296 e. The van der Waals surface area contributed by atoms with E-state index in [9.17, 15) is 5.48 Å². The van der Waals surface area contributed by atoms with Crippen LogP contribution in [0.15, 0.2) is 151 Å². The number of hydrogen-bond donors (Lipinski definition) is 0. The highest BCUT2D eigenvalue weighted by Crippen LogP contribution is 2.45. The summed E-state index contributed by atoms with van der Waals surface area (Å²) in [4.78, 5) is 4.45. The first-order valence-corrected chi connectivity index (χ1v) is 13.1. The predicted molar refractivity (Wildman–Crippen MR) is 177 cm³/mol. The molecule has 0 aliphatic heterocycles. The van der Waals surface area contributed by atoms with Crippen LogP contribution in [0.1, 0.15) is 27.8 Å². The lowest BCUT2D eigenvalue weighted by Gasteiger charge is -2.20. The molecular weight excluding hydrogens is 508 g/mol. The maximum atomic E-state index is 9.39. The first-order chi connectivity index (χ1) is 27.4. The van der Waals surface area contributed by atoms with E-state index in [1.165, 1.54) is 22.8 Å². The van der Waals surface area contributed by atoms with Crippen LogP contribution in [0.4, 0.5) is 0 Å². The number of nitrogens with zero attached hydrogens (tertiary/aromatic N) is 2. The van der Waals surface area contributed by atoms with Crippen LogP contribution in [-0.2, 0) is 0 Å². The number of aryl methyl sites for hydroxylation is 1. The molecule has 0 fully saturated rings. The van der Waals surface area contributed by atoms with E-state index in [0.29, 0.717) is 11.0 Å². The average Bonchev–Trinajstić information content (AvgIpc) is 3.61. The zero-order chi connectivity index (χ0) is 41.9. The van der Waals surface area contributed by atoms with Crippen LogP contribution in [-0.4, -0.2) is 9.55 Å². The lowest BCUT2D eigenvalue weighted by molar-refractivity contribution is 1.00. The number of aromatic nitrogens is 2.